The van der Waals surface area contributed by atoms with E-state index in [2.05, 4.69) is 6.58 Å². The van der Waals surface area contributed by atoms with Crippen molar-refractivity contribution < 1.29 is 18.9 Å². The van der Waals surface area contributed by atoms with Crippen LogP contribution < -0.4 is 0 Å². The Balaban J connectivity index is 1.76. The number of rotatable bonds is 11. The van der Waals surface area contributed by atoms with Gasteiger partial charge in [0, 0.05) is 11.5 Å². The van der Waals surface area contributed by atoms with E-state index < -0.39 is 0 Å². The van der Waals surface area contributed by atoms with Gasteiger partial charge in [0.25, 0.3) is 0 Å². The van der Waals surface area contributed by atoms with Gasteiger partial charge in [0.05, 0.1) is 32.7 Å². The fourth-order valence-electron chi connectivity index (χ4n) is 1.02. The van der Waals surface area contributed by atoms with E-state index in [4.69, 9.17) is 18.9 Å². The lowest BCUT2D eigenvalue weighted by Crippen LogP contribution is -2.17. The summed E-state index contributed by atoms with van der Waals surface area (Å²) in [6.45, 7) is 8.26. The highest BCUT2D eigenvalue weighted by atomic mass is 32.2. The molecular weight excluding hydrogens is 228 g/mol. The number of epoxide rings is 1. The molecule has 1 fully saturated rings. The van der Waals surface area contributed by atoms with Crippen LogP contribution in [0.1, 0.15) is 6.92 Å². The molecule has 0 aromatic heterocycles. The maximum absolute atomic E-state index is 5.47. The van der Waals surface area contributed by atoms with E-state index in [1.807, 2.05) is 6.92 Å². The predicted molar refractivity (Wildman–Crippen MR) is 64.6 cm³/mol. The molecule has 0 aliphatic carbocycles. The van der Waals surface area contributed by atoms with Crippen LogP contribution in [0.25, 0.3) is 0 Å². The fraction of sp³-hybridized carbons (Fsp3) is 0.818. The molecule has 1 heterocycles. The number of ether oxygens (including phenoxy) is 4. The molecule has 0 spiro atoms. The van der Waals surface area contributed by atoms with Crippen molar-refractivity contribution in [1.29, 1.82) is 0 Å². The SMILES string of the molecule is C=COCCSCCOC(C)OCC1CO1. The van der Waals surface area contributed by atoms with Crippen LogP contribution in [0.5, 0.6) is 0 Å². The summed E-state index contributed by atoms with van der Waals surface area (Å²) in [6, 6.07) is 0. The van der Waals surface area contributed by atoms with Gasteiger partial charge >= 0.3 is 0 Å². The van der Waals surface area contributed by atoms with E-state index >= 15 is 0 Å². The lowest BCUT2D eigenvalue weighted by molar-refractivity contribution is -0.128. The highest BCUT2D eigenvalue weighted by Gasteiger charge is 2.23. The summed E-state index contributed by atoms with van der Waals surface area (Å²) in [7, 11) is 0. The second kappa shape index (κ2) is 8.87. The molecule has 0 aromatic carbocycles. The number of hydrogen-bond acceptors (Lipinski definition) is 5. The van der Waals surface area contributed by atoms with E-state index in [1.54, 1.807) is 11.8 Å². The third-order valence-electron chi connectivity index (χ3n) is 1.96. The van der Waals surface area contributed by atoms with Crippen LogP contribution in [0, 0.1) is 0 Å². The lowest BCUT2D eigenvalue weighted by Gasteiger charge is -2.12. The molecule has 2 atom stereocenters. The van der Waals surface area contributed by atoms with Crippen molar-refractivity contribution >= 4 is 11.8 Å². The van der Waals surface area contributed by atoms with Gasteiger partial charge in [-0.15, -0.1) is 0 Å². The molecule has 94 valence electrons. The van der Waals surface area contributed by atoms with E-state index in [-0.39, 0.29) is 6.29 Å². The summed E-state index contributed by atoms with van der Waals surface area (Å²) in [6.07, 6.45) is 1.62. The zero-order valence-corrected chi connectivity index (χ0v) is 10.5. The summed E-state index contributed by atoms with van der Waals surface area (Å²) >= 11 is 1.79. The van der Waals surface area contributed by atoms with Gasteiger partial charge in [-0.3, -0.25) is 0 Å². The Bertz CT molecular complexity index is 185. The summed E-state index contributed by atoms with van der Waals surface area (Å²) in [5.74, 6) is 1.91. The van der Waals surface area contributed by atoms with Crippen LogP contribution in [-0.4, -0.2) is 50.3 Å². The molecule has 0 aromatic rings. The first-order valence-corrected chi connectivity index (χ1v) is 6.63. The Morgan fingerprint density at radius 3 is 2.88 bits per heavy atom. The van der Waals surface area contributed by atoms with Crippen LogP contribution in [0.2, 0.25) is 0 Å². The first-order valence-electron chi connectivity index (χ1n) is 5.48. The molecule has 1 rings (SSSR count). The van der Waals surface area contributed by atoms with E-state index in [1.165, 1.54) is 6.26 Å². The van der Waals surface area contributed by atoms with Crippen molar-refractivity contribution in [2.24, 2.45) is 0 Å². The van der Waals surface area contributed by atoms with Gasteiger partial charge in [-0.1, -0.05) is 6.58 Å². The second-order valence-corrected chi connectivity index (χ2v) is 4.60. The number of hydrogen-bond donors (Lipinski definition) is 0. The molecule has 1 saturated heterocycles. The third kappa shape index (κ3) is 7.98. The molecule has 5 heteroatoms. The first-order chi connectivity index (χ1) is 7.83. The van der Waals surface area contributed by atoms with Gasteiger partial charge in [-0.05, 0) is 6.92 Å². The monoisotopic (exact) mass is 248 g/mol. The molecule has 0 saturated carbocycles. The minimum Gasteiger partial charge on any atom is -0.501 e. The standard InChI is InChI=1S/C11H20O4S/c1-3-12-4-6-16-7-5-13-10(2)14-8-11-9-15-11/h3,10-11H,1,4-9H2,2H3. The molecule has 0 radical (unpaired) electrons. The van der Waals surface area contributed by atoms with Crippen LogP contribution in [0.4, 0.5) is 0 Å². The normalized spacial score (nSPS) is 20.4. The fourth-order valence-corrected chi connectivity index (χ4v) is 1.65. The van der Waals surface area contributed by atoms with Crippen LogP contribution in [0.15, 0.2) is 12.8 Å². The minimum absolute atomic E-state index is 0.144. The van der Waals surface area contributed by atoms with Crippen molar-refractivity contribution in [2.75, 3.05) is 37.9 Å². The molecule has 1 aliphatic heterocycles. The Morgan fingerprint density at radius 2 is 2.19 bits per heavy atom. The second-order valence-electron chi connectivity index (χ2n) is 3.38. The van der Waals surface area contributed by atoms with Crippen LogP contribution in [-0.2, 0) is 18.9 Å². The zero-order valence-electron chi connectivity index (χ0n) is 9.72. The Kier molecular flexibility index (Phi) is 7.67. The molecule has 0 bridgehead atoms. The van der Waals surface area contributed by atoms with Crippen molar-refractivity contribution in [2.45, 2.75) is 19.3 Å². The summed E-state index contributed by atoms with van der Waals surface area (Å²) in [5.41, 5.74) is 0. The van der Waals surface area contributed by atoms with E-state index in [0.29, 0.717) is 25.9 Å². The average Bonchev–Trinajstić information content (AvgIpc) is 3.09. The predicted octanol–water partition coefficient (Wildman–Crippen LogP) is 1.66. The Labute approximate surface area is 101 Å². The highest BCUT2D eigenvalue weighted by Crippen LogP contribution is 2.10. The third-order valence-corrected chi connectivity index (χ3v) is 2.87. The van der Waals surface area contributed by atoms with Crippen molar-refractivity contribution in [3.63, 3.8) is 0 Å². The van der Waals surface area contributed by atoms with Gasteiger partial charge in [0.1, 0.15) is 6.10 Å². The lowest BCUT2D eigenvalue weighted by atomic mass is 10.5. The summed E-state index contributed by atoms with van der Waals surface area (Å²) in [4.78, 5) is 0. The molecule has 4 nitrogen and oxygen atoms in total. The van der Waals surface area contributed by atoms with Gasteiger partial charge in [-0.2, -0.15) is 11.8 Å². The largest absolute Gasteiger partial charge is 0.501 e. The maximum atomic E-state index is 5.47. The van der Waals surface area contributed by atoms with E-state index in [0.717, 1.165) is 18.1 Å². The van der Waals surface area contributed by atoms with Crippen LogP contribution in [0.3, 0.4) is 0 Å². The summed E-state index contributed by atoms with van der Waals surface area (Å²) in [5, 5.41) is 0. The van der Waals surface area contributed by atoms with Gasteiger partial charge < -0.3 is 18.9 Å². The smallest absolute Gasteiger partial charge is 0.154 e. The molecule has 0 amide bonds. The average molecular weight is 248 g/mol. The maximum Gasteiger partial charge on any atom is 0.154 e. The Hall–Kier alpha value is -0.230. The Morgan fingerprint density at radius 1 is 1.44 bits per heavy atom. The van der Waals surface area contributed by atoms with Gasteiger partial charge in [0.2, 0.25) is 0 Å². The first kappa shape index (κ1) is 13.8. The topological polar surface area (TPSA) is 40.2 Å². The number of thioether (sulfide) groups is 1. The summed E-state index contributed by atoms with van der Waals surface area (Å²) < 4.78 is 20.9. The molecule has 0 N–H and O–H groups in total. The minimum atomic E-state index is -0.144. The molecule has 16 heavy (non-hydrogen) atoms. The zero-order chi connectivity index (χ0) is 11.6. The molecular formula is C11H20O4S. The van der Waals surface area contributed by atoms with Crippen molar-refractivity contribution in [3.05, 3.63) is 12.8 Å². The molecule has 2 unspecified atom stereocenters. The molecule has 1 aliphatic rings. The quantitative estimate of drug-likeness (QED) is 0.241. The van der Waals surface area contributed by atoms with Gasteiger partial charge in [-0.25, -0.2) is 0 Å². The van der Waals surface area contributed by atoms with Gasteiger partial charge in [0.15, 0.2) is 6.29 Å². The van der Waals surface area contributed by atoms with Crippen molar-refractivity contribution in [1.82, 2.24) is 0 Å². The van der Waals surface area contributed by atoms with E-state index in [9.17, 15) is 0 Å². The highest BCUT2D eigenvalue weighted by molar-refractivity contribution is 7.99. The van der Waals surface area contributed by atoms with Crippen molar-refractivity contribution in [3.8, 4) is 0 Å². The van der Waals surface area contributed by atoms with Crippen LogP contribution >= 0.6 is 11.8 Å².